The van der Waals surface area contributed by atoms with Gasteiger partial charge >= 0.3 is 0 Å². The number of rotatable bonds is 7. The molecular formula is C21H41N5O2. The molecule has 1 unspecified atom stereocenters. The van der Waals surface area contributed by atoms with E-state index in [0.29, 0.717) is 6.04 Å². The molecule has 0 bridgehead atoms. The van der Waals surface area contributed by atoms with Gasteiger partial charge in [-0.15, -0.1) is 0 Å². The van der Waals surface area contributed by atoms with E-state index in [9.17, 15) is 0 Å². The monoisotopic (exact) mass is 395 g/mol. The number of nitrogens with zero attached hydrogens (tertiary/aromatic N) is 3. The molecule has 3 aliphatic heterocycles. The zero-order chi connectivity index (χ0) is 19.8. The smallest absolute Gasteiger partial charge is 0.191 e. The highest BCUT2D eigenvalue weighted by Crippen LogP contribution is 2.26. The van der Waals surface area contributed by atoms with Gasteiger partial charge in [0.05, 0.1) is 13.2 Å². The Bertz CT molecular complexity index is 479. The van der Waals surface area contributed by atoms with Gasteiger partial charge < -0.3 is 29.9 Å². The third-order valence-corrected chi connectivity index (χ3v) is 6.72. The van der Waals surface area contributed by atoms with Crippen LogP contribution in [-0.2, 0) is 9.47 Å². The molecule has 28 heavy (non-hydrogen) atoms. The molecular weight excluding hydrogens is 354 g/mol. The number of ether oxygens (including phenoxy) is 2. The van der Waals surface area contributed by atoms with Crippen LogP contribution in [-0.4, -0.2) is 101 Å². The quantitative estimate of drug-likeness (QED) is 0.498. The average molecular weight is 396 g/mol. The molecule has 0 aromatic rings. The molecule has 7 heteroatoms. The molecule has 7 nitrogen and oxygen atoms in total. The van der Waals surface area contributed by atoms with Gasteiger partial charge in [-0.25, -0.2) is 0 Å². The lowest BCUT2D eigenvalue weighted by atomic mass is 9.89. The van der Waals surface area contributed by atoms with E-state index >= 15 is 0 Å². The number of hydrogen-bond acceptors (Lipinski definition) is 5. The van der Waals surface area contributed by atoms with Gasteiger partial charge in [0, 0.05) is 57.6 Å². The minimum absolute atomic E-state index is 0.118. The van der Waals surface area contributed by atoms with Crippen LogP contribution in [0.5, 0.6) is 0 Å². The zero-order valence-corrected chi connectivity index (χ0v) is 18.2. The summed E-state index contributed by atoms with van der Waals surface area (Å²) >= 11 is 0. The van der Waals surface area contributed by atoms with E-state index < -0.39 is 0 Å². The second kappa shape index (κ2) is 10.8. The minimum atomic E-state index is 0.118. The lowest BCUT2D eigenvalue weighted by Crippen LogP contribution is -2.53. The van der Waals surface area contributed by atoms with Crippen molar-refractivity contribution in [3.05, 3.63) is 0 Å². The number of guanidine groups is 1. The molecule has 0 aromatic carbocycles. The lowest BCUT2D eigenvalue weighted by molar-refractivity contribution is -0.00256. The van der Waals surface area contributed by atoms with Crippen molar-refractivity contribution >= 4 is 5.96 Å². The van der Waals surface area contributed by atoms with Crippen molar-refractivity contribution in [1.29, 1.82) is 0 Å². The first-order chi connectivity index (χ1) is 13.6. The van der Waals surface area contributed by atoms with E-state index in [1.165, 1.54) is 38.9 Å². The van der Waals surface area contributed by atoms with E-state index in [1.807, 2.05) is 0 Å². The van der Waals surface area contributed by atoms with Crippen LogP contribution in [0.25, 0.3) is 0 Å². The van der Waals surface area contributed by atoms with Crippen LogP contribution in [0, 0.1) is 5.92 Å². The van der Waals surface area contributed by atoms with Crippen molar-refractivity contribution in [3.8, 4) is 0 Å². The van der Waals surface area contributed by atoms with Crippen LogP contribution in [0.15, 0.2) is 4.99 Å². The Kier molecular flexibility index (Phi) is 8.38. The normalized spacial score (nSPS) is 27.3. The van der Waals surface area contributed by atoms with Gasteiger partial charge in [-0.3, -0.25) is 4.99 Å². The number of likely N-dealkylation sites (tertiary alicyclic amines) is 1. The number of nitrogens with one attached hydrogen (secondary N) is 2. The lowest BCUT2D eigenvalue weighted by Gasteiger charge is -2.42. The fraction of sp³-hybridized carbons (Fsp3) is 0.952. The van der Waals surface area contributed by atoms with Crippen LogP contribution >= 0.6 is 0 Å². The third kappa shape index (κ3) is 6.05. The molecule has 1 atom stereocenters. The molecule has 0 saturated carbocycles. The molecule has 3 rings (SSSR count). The molecule has 3 aliphatic rings. The summed E-state index contributed by atoms with van der Waals surface area (Å²) in [7, 11) is 4.35. The highest BCUT2D eigenvalue weighted by molar-refractivity contribution is 5.80. The molecule has 3 heterocycles. The summed E-state index contributed by atoms with van der Waals surface area (Å²) in [4.78, 5) is 9.95. The van der Waals surface area contributed by atoms with Gasteiger partial charge in [0.2, 0.25) is 0 Å². The maximum Gasteiger partial charge on any atom is 0.191 e. The molecule has 0 spiro atoms. The standard InChI is InChI=1S/C21H41N5O2/c1-4-22-20(23-17-21(25(2)3)8-13-27-14-9-21)24-19-5-10-26(11-6-19)15-18-7-12-28-16-18/h18-19H,4-17H2,1-3H3,(H2,22,23,24). The van der Waals surface area contributed by atoms with Crippen LogP contribution in [0.4, 0.5) is 0 Å². The number of likely N-dealkylation sites (N-methyl/N-ethyl adjacent to an activating group) is 1. The Balaban J connectivity index is 1.49. The van der Waals surface area contributed by atoms with Crippen molar-refractivity contribution < 1.29 is 9.47 Å². The summed E-state index contributed by atoms with van der Waals surface area (Å²) in [6.07, 6.45) is 5.70. The van der Waals surface area contributed by atoms with Gasteiger partial charge in [0.25, 0.3) is 0 Å². The Labute approximate surface area is 171 Å². The van der Waals surface area contributed by atoms with Crippen LogP contribution < -0.4 is 10.6 Å². The highest BCUT2D eigenvalue weighted by Gasteiger charge is 2.35. The maximum atomic E-state index is 5.59. The van der Waals surface area contributed by atoms with Gasteiger partial charge in [-0.2, -0.15) is 0 Å². The van der Waals surface area contributed by atoms with E-state index in [-0.39, 0.29) is 5.54 Å². The summed E-state index contributed by atoms with van der Waals surface area (Å²) in [6, 6.07) is 0.513. The minimum Gasteiger partial charge on any atom is -0.381 e. The van der Waals surface area contributed by atoms with Crippen molar-refractivity contribution in [2.75, 3.05) is 73.2 Å². The summed E-state index contributed by atoms with van der Waals surface area (Å²) in [5.41, 5.74) is 0.118. The summed E-state index contributed by atoms with van der Waals surface area (Å²) in [6.45, 7) is 11.0. The van der Waals surface area contributed by atoms with Crippen molar-refractivity contribution in [2.24, 2.45) is 10.9 Å². The van der Waals surface area contributed by atoms with Crippen molar-refractivity contribution in [3.63, 3.8) is 0 Å². The number of piperidine rings is 1. The summed E-state index contributed by atoms with van der Waals surface area (Å²) in [5.74, 6) is 1.71. The second-order valence-corrected chi connectivity index (χ2v) is 8.88. The summed E-state index contributed by atoms with van der Waals surface area (Å²) < 4.78 is 11.1. The Morgan fingerprint density at radius 2 is 1.86 bits per heavy atom. The van der Waals surface area contributed by atoms with Crippen LogP contribution in [0.3, 0.4) is 0 Å². The Morgan fingerprint density at radius 3 is 2.46 bits per heavy atom. The number of aliphatic imine (C=N–C) groups is 1. The van der Waals surface area contributed by atoms with Crippen LogP contribution in [0.1, 0.15) is 39.0 Å². The molecule has 2 N–H and O–H groups in total. The van der Waals surface area contributed by atoms with Crippen molar-refractivity contribution in [2.45, 2.75) is 50.6 Å². The molecule has 3 saturated heterocycles. The first-order valence-corrected chi connectivity index (χ1v) is 11.2. The fourth-order valence-electron chi connectivity index (χ4n) is 4.59. The van der Waals surface area contributed by atoms with Gasteiger partial charge in [0.1, 0.15) is 0 Å². The summed E-state index contributed by atoms with van der Waals surface area (Å²) in [5, 5.41) is 7.16. The van der Waals surface area contributed by atoms with Crippen LogP contribution in [0.2, 0.25) is 0 Å². The molecule has 0 radical (unpaired) electrons. The Hall–Kier alpha value is -0.890. The van der Waals surface area contributed by atoms with Gasteiger partial charge in [-0.05, 0) is 59.0 Å². The SMILES string of the molecule is CCNC(=NCC1(N(C)C)CCOCC1)NC1CCN(CC2CCOC2)CC1. The topological polar surface area (TPSA) is 61.4 Å². The van der Waals surface area contributed by atoms with Gasteiger partial charge in [-0.1, -0.05) is 0 Å². The van der Waals surface area contributed by atoms with Crippen molar-refractivity contribution in [1.82, 2.24) is 20.4 Å². The zero-order valence-electron chi connectivity index (χ0n) is 18.2. The molecule has 0 amide bonds. The average Bonchev–Trinajstić information content (AvgIpc) is 3.21. The highest BCUT2D eigenvalue weighted by atomic mass is 16.5. The molecule has 0 aliphatic carbocycles. The first-order valence-electron chi connectivity index (χ1n) is 11.2. The predicted octanol–water partition coefficient (Wildman–Crippen LogP) is 1.15. The first kappa shape index (κ1) is 21.8. The number of hydrogen-bond donors (Lipinski definition) is 2. The predicted molar refractivity (Wildman–Crippen MR) is 114 cm³/mol. The molecule has 0 aromatic heterocycles. The second-order valence-electron chi connectivity index (χ2n) is 8.88. The largest absolute Gasteiger partial charge is 0.381 e. The molecule has 162 valence electrons. The van der Waals surface area contributed by atoms with E-state index in [4.69, 9.17) is 14.5 Å². The maximum absolute atomic E-state index is 5.59. The Morgan fingerprint density at radius 1 is 1.11 bits per heavy atom. The third-order valence-electron chi connectivity index (χ3n) is 6.72. The van der Waals surface area contributed by atoms with E-state index in [2.05, 4.69) is 41.5 Å². The molecule has 3 fully saturated rings. The van der Waals surface area contributed by atoms with E-state index in [0.717, 1.165) is 64.2 Å². The van der Waals surface area contributed by atoms with E-state index in [1.54, 1.807) is 0 Å². The van der Waals surface area contributed by atoms with Gasteiger partial charge in [0.15, 0.2) is 5.96 Å². The fourth-order valence-corrected chi connectivity index (χ4v) is 4.59.